The van der Waals surface area contributed by atoms with E-state index in [9.17, 15) is 8.42 Å². The van der Waals surface area contributed by atoms with E-state index >= 15 is 0 Å². The maximum atomic E-state index is 10.4. The molecule has 0 aliphatic rings. The molecule has 0 aromatic heterocycles. The lowest BCUT2D eigenvalue weighted by molar-refractivity contribution is -0.240. The van der Waals surface area contributed by atoms with Crippen LogP contribution in [0.15, 0.2) is 0 Å². The van der Waals surface area contributed by atoms with Gasteiger partial charge in [-0.15, -0.1) is 0 Å². The number of hydrogen-bond donors (Lipinski definition) is 1. The Balaban J connectivity index is 3.95. The van der Waals surface area contributed by atoms with Crippen molar-refractivity contribution >= 4 is 10.3 Å². The highest BCUT2D eigenvalue weighted by Gasteiger charge is 2.15. The van der Waals surface area contributed by atoms with Crippen molar-refractivity contribution in [3.8, 4) is 0 Å². The smallest absolute Gasteiger partial charge is 0.329 e. The Morgan fingerprint density at radius 1 is 1.25 bits per heavy atom. The summed E-state index contributed by atoms with van der Waals surface area (Å²) in [5.41, 5.74) is 0. The first-order chi connectivity index (χ1) is 5.49. The van der Waals surface area contributed by atoms with Crippen LogP contribution in [0.25, 0.3) is 0 Å². The molecule has 0 spiro atoms. The molecular weight excluding hydrogens is 186 g/mol. The van der Waals surface area contributed by atoms with Crippen molar-refractivity contribution < 1.29 is 22.1 Å². The quantitative estimate of drug-likeness (QED) is 0.586. The Hall–Kier alpha value is -0.210. The molecule has 0 radical (unpaired) electrons. The van der Waals surface area contributed by atoms with E-state index in [-0.39, 0.29) is 13.2 Å². The molecule has 2 N–H and O–H groups in total. The van der Waals surface area contributed by atoms with E-state index in [0.29, 0.717) is 0 Å². The third kappa shape index (κ3) is 6.50. The third-order valence-electron chi connectivity index (χ3n) is 0.818. The Labute approximate surface area is 71.8 Å². The predicted molar refractivity (Wildman–Crippen MR) is 41.2 cm³/mol. The van der Waals surface area contributed by atoms with E-state index in [1.165, 1.54) is 0 Å². The van der Waals surface area contributed by atoms with Crippen molar-refractivity contribution in [1.29, 1.82) is 0 Å². The van der Waals surface area contributed by atoms with Crippen LogP contribution >= 0.6 is 0 Å². The Kier molecular flexibility index (Phi) is 5.34. The molecule has 0 saturated heterocycles. The maximum absolute atomic E-state index is 10.4. The molecule has 0 atom stereocenters. The standard InChI is InChI=1S/C5H13NO5S/c1-3-9-5(10-4-2)11-12(6,7)8/h5H,3-4H2,1-2H3,(H2,6,7,8). The van der Waals surface area contributed by atoms with Crippen LogP contribution in [0, 0.1) is 0 Å². The molecule has 6 nitrogen and oxygen atoms in total. The summed E-state index contributed by atoms with van der Waals surface area (Å²) in [5.74, 6) is 0. The van der Waals surface area contributed by atoms with E-state index in [4.69, 9.17) is 9.47 Å². The molecule has 74 valence electrons. The van der Waals surface area contributed by atoms with E-state index in [1.54, 1.807) is 13.8 Å². The Bertz CT molecular complexity index is 196. The average molecular weight is 199 g/mol. The lowest BCUT2D eigenvalue weighted by Gasteiger charge is -2.14. The second-order valence-corrected chi connectivity index (χ2v) is 2.97. The van der Waals surface area contributed by atoms with Crippen LogP contribution in [0.1, 0.15) is 13.8 Å². The van der Waals surface area contributed by atoms with E-state index in [1.807, 2.05) is 0 Å². The van der Waals surface area contributed by atoms with Crippen molar-refractivity contribution in [2.75, 3.05) is 13.2 Å². The van der Waals surface area contributed by atoms with Gasteiger partial charge in [-0.05, 0) is 13.8 Å². The minimum absolute atomic E-state index is 0.278. The molecule has 0 aliphatic heterocycles. The van der Waals surface area contributed by atoms with E-state index in [2.05, 4.69) is 9.32 Å². The zero-order valence-electron chi connectivity index (χ0n) is 7.02. The molecule has 0 aromatic carbocycles. The van der Waals surface area contributed by atoms with Gasteiger partial charge in [0.2, 0.25) is 0 Å². The summed E-state index contributed by atoms with van der Waals surface area (Å²) in [5, 5.41) is 4.59. The fourth-order valence-corrected chi connectivity index (χ4v) is 0.815. The molecular formula is C5H13NO5S. The zero-order valence-corrected chi connectivity index (χ0v) is 7.83. The minimum Gasteiger partial charge on any atom is -0.329 e. The first-order valence-electron chi connectivity index (χ1n) is 3.43. The van der Waals surface area contributed by atoms with Crippen molar-refractivity contribution in [1.82, 2.24) is 0 Å². The van der Waals surface area contributed by atoms with Crippen LogP contribution < -0.4 is 5.14 Å². The molecule has 0 fully saturated rings. The molecule has 0 aromatic rings. The molecule has 0 unspecified atom stereocenters. The molecule has 0 aliphatic carbocycles. The number of nitrogens with two attached hydrogens (primary N) is 1. The van der Waals surface area contributed by atoms with Crippen molar-refractivity contribution in [2.24, 2.45) is 5.14 Å². The maximum Gasteiger partial charge on any atom is 0.337 e. The number of rotatable bonds is 6. The van der Waals surface area contributed by atoms with Crippen molar-refractivity contribution in [3.05, 3.63) is 0 Å². The normalized spacial score (nSPS) is 12.3. The lowest BCUT2D eigenvalue weighted by atomic mass is 10.8. The van der Waals surface area contributed by atoms with Crippen LogP contribution in [0.4, 0.5) is 0 Å². The van der Waals surface area contributed by atoms with Gasteiger partial charge >= 0.3 is 10.3 Å². The lowest BCUT2D eigenvalue weighted by Crippen LogP contribution is -2.28. The highest BCUT2D eigenvalue weighted by atomic mass is 32.2. The SMILES string of the molecule is CCOC(OCC)OS(N)(=O)=O. The van der Waals surface area contributed by atoms with Gasteiger partial charge in [-0.2, -0.15) is 12.6 Å². The Morgan fingerprint density at radius 2 is 1.67 bits per heavy atom. The molecule has 0 heterocycles. The first kappa shape index (κ1) is 11.8. The van der Waals surface area contributed by atoms with Gasteiger partial charge in [0.05, 0.1) is 0 Å². The molecule has 0 saturated carbocycles. The summed E-state index contributed by atoms with van der Waals surface area (Å²) < 4.78 is 34.5. The van der Waals surface area contributed by atoms with Gasteiger partial charge in [-0.25, -0.2) is 5.14 Å². The fourth-order valence-electron chi connectivity index (χ4n) is 0.485. The van der Waals surface area contributed by atoms with Crippen LogP contribution in [0.5, 0.6) is 0 Å². The first-order valence-corrected chi connectivity index (χ1v) is 4.91. The van der Waals surface area contributed by atoms with Crippen LogP contribution in [0.3, 0.4) is 0 Å². The van der Waals surface area contributed by atoms with Crippen LogP contribution in [-0.2, 0) is 24.0 Å². The highest BCUT2D eigenvalue weighted by molar-refractivity contribution is 7.84. The zero-order chi connectivity index (χ0) is 9.61. The monoisotopic (exact) mass is 199 g/mol. The van der Waals surface area contributed by atoms with Gasteiger partial charge in [-0.3, -0.25) is 0 Å². The molecule has 7 heteroatoms. The van der Waals surface area contributed by atoms with Crippen molar-refractivity contribution in [3.63, 3.8) is 0 Å². The van der Waals surface area contributed by atoms with Gasteiger partial charge in [0, 0.05) is 13.2 Å². The van der Waals surface area contributed by atoms with Gasteiger partial charge < -0.3 is 9.47 Å². The van der Waals surface area contributed by atoms with E-state index < -0.39 is 16.8 Å². The average Bonchev–Trinajstić information content (AvgIpc) is 1.84. The molecule has 0 bridgehead atoms. The minimum atomic E-state index is -4.02. The third-order valence-corrected chi connectivity index (χ3v) is 1.24. The Morgan fingerprint density at radius 3 is 1.92 bits per heavy atom. The van der Waals surface area contributed by atoms with Gasteiger partial charge in [-0.1, -0.05) is 0 Å². The summed E-state index contributed by atoms with van der Waals surface area (Å²) in [6.45, 7) is 2.67. The van der Waals surface area contributed by atoms with Gasteiger partial charge in [0.1, 0.15) is 0 Å². The summed E-state index contributed by atoms with van der Waals surface area (Å²) in [4.78, 5) is 0. The highest BCUT2D eigenvalue weighted by Crippen LogP contribution is 1.99. The van der Waals surface area contributed by atoms with Crippen molar-refractivity contribution in [2.45, 2.75) is 20.3 Å². The molecule has 12 heavy (non-hydrogen) atoms. The predicted octanol–water partition coefficient (Wildman–Crippen LogP) is -0.437. The summed E-state index contributed by atoms with van der Waals surface area (Å²) >= 11 is 0. The number of ether oxygens (including phenoxy) is 2. The van der Waals surface area contributed by atoms with Crippen LogP contribution in [-0.4, -0.2) is 28.1 Å². The summed E-state index contributed by atoms with van der Waals surface area (Å²) in [6, 6.07) is 0. The largest absolute Gasteiger partial charge is 0.337 e. The molecule has 0 amide bonds. The van der Waals surface area contributed by atoms with Gasteiger partial charge in [0.15, 0.2) is 0 Å². The van der Waals surface area contributed by atoms with Gasteiger partial charge in [0.25, 0.3) is 6.48 Å². The molecule has 0 rings (SSSR count). The van der Waals surface area contributed by atoms with E-state index in [0.717, 1.165) is 0 Å². The second kappa shape index (κ2) is 5.44. The number of hydrogen-bond acceptors (Lipinski definition) is 5. The fraction of sp³-hybridized carbons (Fsp3) is 1.00. The second-order valence-electron chi connectivity index (χ2n) is 1.79. The summed E-state index contributed by atoms with van der Waals surface area (Å²) in [6.07, 6.45) is 0. The summed E-state index contributed by atoms with van der Waals surface area (Å²) in [7, 11) is -4.02. The topological polar surface area (TPSA) is 87.8 Å². The van der Waals surface area contributed by atoms with Crippen LogP contribution in [0.2, 0.25) is 0 Å².